The molecule has 10 heteroatoms. The van der Waals surface area contributed by atoms with Gasteiger partial charge in [0.1, 0.15) is 17.4 Å². The Bertz CT molecular complexity index is 1270. The molecule has 5 rings (SSSR count). The highest BCUT2D eigenvalue weighted by Crippen LogP contribution is 2.36. The van der Waals surface area contributed by atoms with Gasteiger partial charge < -0.3 is 9.64 Å². The Labute approximate surface area is 202 Å². The molecule has 0 unspecified atom stereocenters. The molecule has 0 bridgehead atoms. The molecule has 0 N–H and O–H groups in total. The molecule has 3 aromatic heterocycles. The summed E-state index contributed by atoms with van der Waals surface area (Å²) in [7, 11) is 0. The number of pyridine rings is 1. The van der Waals surface area contributed by atoms with Crippen LogP contribution in [0.2, 0.25) is 0 Å². The van der Waals surface area contributed by atoms with E-state index in [0.717, 1.165) is 29.8 Å². The largest absolute Gasteiger partial charge is 0.412 e. The monoisotopic (exact) mass is 486 g/mol. The van der Waals surface area contributed by atoms with E-state index in [1.165, 1.54) is 0 Å². The van der Waals surface area contributed by atoms with Crippen molar-refractivity contribution in [1.82, 2.24) is 24.7 Å². The van der Waals surface area contributed by atoms with Gasteiger partial charge in [0, 0.05) is 29.9 Å². The van der Waals surface area contributed by atoms with Crippen LogP contribution in [0, 0.1) is 13.8 Å². The number of halogens is 3. The van der Waals surface area contributed by atoms with E-state index in [9.17, 15) is 13.2 Å². The minimum absolute atomic E-state index is 0.0604. The summed E-state index contributed by atoms with van der Waals surface area (Å²) in [5.74, 6) is 0.664. The summed E-state index contributed by atoms with van der Waals surface area (Å²) in [5, 5.41) is 4.49. The minimum atomic E-state index is -4.43. The summed E-state index contributed by atoms with van der Waals surface area (Å²) >= 11 is 0. The summed E-state index contributed by atoms with van der Waals surface area (Å²) in [6, 6.07) is 2.36. The normalized spacial score (nSPS) is 21.0. The van der Waals surface area contributed by atoms with Crippen LogP contribution >= 0.6 is 0 Å². The van der Waals surface area contributed by atoms with E-state index >= 15 is 0 Å². The molecule has 1 aliphatic heterocycles. The van der Waals surface area contributed by atoms with Crippen molar-refractivity contribution >= 4 is 16.9 Å². The quantitative estimate of drug-likeness (QED) is 0.447. The van der Waals surface area contributed by atoms with Crippen LogP contribution in [-0.2, 0) is 11.2 Å². The average molecular weight is 487 g/mol. The summed E-state index contributed by atoms with van der Waals surface area (Å²) in [6.07, 6.45) is 1.39. The van der Waals surface area contributed by atoms with E-state index < -0.39 is 11.7 Å². The number of alkyl halides is 3. The molecule has 2 aliphatic rings. The van der Waals surface area contributed by atoms with E-state index in [0.29, 0.717) is 41.7 Å². The Morgan fingerprint density at radius 2 is 1.89 bits per heavy atom. The molecule has 3 aromatic rings. The van der Waals surface area contributed by atoms with E-state index in [1.54, 1.807) is 0 Å². The lowest BCUT2D eigenvalue weighted by atomic mass is 10.1. The molecule has 0 radical (unpaired) electrons. The number of aryl methyl sites for hydroxylation is 3. The highest BCUT2D eigenvalue weighted by Gasteiger charge is 2.33. The van der Waals surface area contributed by atoms with Crippen LogP contribution in [0.1, 0.15) is 61.0 Å². The number of hydrogen-bond acceptors (Lipinski definition) is 6. The number of allylic oxidation sites excluding steroid dienone is 1. The van der Waals surface area contributed by atoms with E-state index in [1.807, 2.05) is 37.7 Å². The third-order valence-electron chi connectivity index (χ3n) is 6.69. The van der Waals surface area contributed by atoms with Crippen LogP contribution in [0.4, 0.5) is 19.0 Å². The Morgan fingerprint density at radius 3 is 2.60 bits per heavy atom. The van der Waals surface area contributed by atoms with Gasteiger partial charge in [0.25, 0.3) is 0 Å². The molecule has 0 spiro atoms. The number of aromatic nitrogens is 5. The van der Waals surface area contributed by atoms with Gasteiger partial charge in [0.05, 0.1) is 47.5 Å². The SMILES string of the molecule is C=C(CCc1nc(N2C[C@@H](c3cnn(C4CC4)c3)O[C@@H](C)C2)cc2nc(C)c(C)nc12)C(F)(F)F. The molecule has 1 saturated carbocycles. The van der Waals surface area contributed by atoms with Gasteiger partial charge in [0.2, 0.25) is 0 Å². The standard InChI is InChI=1S/C25H29F3N6O/c1-14(25(26,27)28)5-8-20-24-21(30-16(3)17(4)31-24)9-23(32-20)33-11-15(2)35-22(13-33)18-10-29-34(12-18)19-6-7-19/h9-10,12,15,19,22H,1,5-8,11,13H2,2-4H3/t15-,22-/m0/s1. The van der Waals surface area contributed by atoms with Crippen molar-refractivity contribution in [3.8, 4) is 0 Å². The minimum Gasteiger partial charge on any atom is -0.367 e. The molecule has 4 heterocycles. The van der Waals surface area contributed by atoms with Crippen molar-refractivity contribution in [1.29, 1.82) is 0 Å². The zero-order chi connectivity index (χ0) is 24.9. The Hall–Kier alpha value is -3.01. The first kappa shape index (κ1) is 23.7. The molecule has 1 aliphatic carbocycles. The van der Waals surface area contributed by atoms with Crippen LogP contribution in [-0.4, -0.2) is 50.1 Å². The fraction of sp³-hybridized carbons (Fsp3) is 0.520. The molecule has 0 aromatic carbocycles. The third-order valence-corrected chi connectivity index (χ3v) is 6.69. The fourth-order valence-electron chi connectivity index (χ4n) is 4.41. The summed E-state index contributed by atoms with van der Waals surface area (Å²) in [5.41, 5.74) is 3.41. The predicted octanol–water partition coefficient (Wildman–Crippen LogP) is 5.19. The first-order valence-corrected chi connectivity index (χ1v) is 11.9. The van der Waals surface area contributed by atoms with E-state index in [2.05, 4.69) is 32.7 Å². The van der Waals surface area contributed by atoms with Crippen LogP contribution in [0.25, 0.3) is 11.0 Å². The zero-order valence-electron chi connectivity index (χ0n) is 20.1. The van der Waals surface area contributed by atoms with Crippen molar-refractivity contribution in [2.24, 2.45) is 0 Å². The molecule has 35 heavy (non-hydrogen) atoms. The number of hydrogen-bond donors (Lipinski definition) is 0. The van der Waals surface area contributed by atoms with E-state index in [-0.39, 0.29) is 25.0 Å². The highest BCUT2D eigenvalue weighted by atomic mass is 19.4. The Kier molecular flexibility index (Phi) is 6.03. The predicted molar refractivity (Wildman–Crippen MR) is 126 cm³/mol. The first-order chi connectivity index (χ1) is 16.6. The van der Waals surface area contributed by atoms with Gasteiger partial charge in [-0.15, -0.1) is 0 Å². The molecule has 7 nitrogen and oxygen atoms in total. The first-order valence-electron chi connectivity index (χ1n) is 11.9. The maximum absolute atomic E-state index is 13.1. The van der Waals surface area contributed by atoms with E-state index in [4.69, 9.17) is 9.72 Å². The number of anilines is 1. The molecule has 1 saturated heterocycles. The van der Waals surface area contributed by atoms with Gasteiger partial charge in [-0.3, -0.25) is 4.68 Å². The van der Waals surface area contributed by atoms with Gasteiger partial charge in [0.15, 0.2) is 0 Å². The van der Waals surface area contributed by atoms with Crippen molar-refractivity contribution in [3.63, 3.8) is 0 Å². The topological polar surface area (TPSA) is 69.0 Å². The maximum Gasteiger partial charge on any atom is 0.412 e. The third kappa shape index (κ3) is 5.03. The lowest BCUT2D eigenvalue weighted by Crippen LogP contribution is -2.43. The summed E-state index contributed by atoms with van der Waals surface area (Å²) in [6.45, 7) is 10.1. The highest BCUT2D eigenvalue weighted by molar-refractivity contribution is 5.80. The van der Waals surface area contributed by atoms with Crippen LogP contribution in [0.5, 0.6) is 0 Å². The molecule has 2 atom stereocenters. The van der Waals surface area contributed by atoms with Gasteiger partial charge >= 0.3 is 6.18 Å². The second-order valence-electron chi connectivity index (χ2n) is 9.62. The molecular formula is C25H29F3N6O. The summed E-state index contributed by atoms with van der Waals surface area (Å²) < 4.78 is 47.5. The number of ether oxygens (including phenoxy) is 1. The van der Waals surface area contributed by atoms with Crippen molar-refractivity contribution in [2.75, 3.05) is 18.0 Å². The van der Waals surface area contributed by atoms with Gasteiger partial charge in [-0.1, -0.05) is 6.58 Å². The van der Waals surface area contributed by atoms with Crippen LogP contribution in [0.3, 0.4) is 0 Å². The Morgan fingerprint density at radius 1 is 1.14 bits per heavy atom. The van der Waals surface area contributed by atoms with Crippen LogP contribution in [0.15, 0.2) is 30.6 Å². The maximum atomic E-state index is 13.1. The Balaban J connectivity index is 1.47. The van der Waals surface area contributed by atoms with Gasteiger partial charge in [-0.05, 0) is 46.5 Å². The lowest BCUT2D eigenvalue weighted by molar-refractivity contribution is -0.0935. The molecule has 2 fully saturated rings. The second kappa shape index (κ2) is 8.89. The average Bonchev–Trinajstić information content (AvgIpc) is 3.53. The molecule has 186 valence electrons. The smallest absolute Gasteiger partial charge is 0.367 e. The van der Waals surface area contributed by atoms with Gasteiger partial charge in [-0.2, -0.15) is 18.3 Å². The van der Waals surface area contributed by atoms with Crippen molar-refractivity contribution < 1.29 is 17.9 Å². The number of morpholine rings is 1. The van der Waals surface area contributed by atoms with Crippen LogP contribution < -0.4 is 4.90 Å². The molecular weight excluding hydrogens is 457 g/mol. The van der Waals surface area contributed by atoms with Crippen molar-refractivity contribution in [2.45, 2.75) is 70.9 Å². The second-order valence-corrected chi connectivity index (χ2v) is 9.62. The van der Waals surface area contributed by atoms with Gasteiger partial charge in [-0.25, -0.2) is 15.0 Å². The lowest BCUT2D eigenvalue weighted by Gasteiger charge is -2.37. The number of rotatable bonds is 6. The fourth-order valence-corrected chi connectivity index (χ4v) is 4.41. The molecule has 0 amide bonds. The summed E-state index contributed by atoms with van der Waals surface area (Å²) in [4.78, 5) is 16.2. The zero-order valence-corrected chi connectivity index (χ0v) is 20.1. The number of fused-ring (bicyclic) bond motifs is 1. The number of nitrogens with zero attached hydrogens (tertiary/aromatic N) is 6. The van der Waals surface area contributed by atoms with Crippen molar-refractivity contribution in [3.05, 3.63) is 53.3 Å².